The zero-order chi connectivity index (χ0) is 15.5. The highest BCUT2D eigenvalue weighted by Crippen LogP contribution is 2.24. The quantitative estimate of drug-likeness (QED) is 0.835. The summed E-state index contributed by atoms with van der Waals surface area (Å²) in [4.78, 5) is 14.6. The molecule has 2 N–H and O–H groups in total. The zero-order valence-electron chi connectivity index (χ0n) is 13.3. The third-order valence-electron chi connectivity index (χ3n) is 3.32. The molecule has 0 bridgehead atoms. The number of nitrogens with one attached hydrogen (secondary N) is 2. The molecule has 1 aliphatic heterocycles. The van der Waals surface area contributed by atoms with Crippen LogP contribution in [0.15, 0.2) is 18.2 Å². The molecule has 116 valence electrons. The Bertz CT molecular complexity index is 503. The van der Waals surface area contributed by atoms with Crippen molar-refractivity contribution in [1.29, 1.82) is 0 Å². The Balaban J connectivity index is 2.26. The first kappa shape index (κ1) is 15.6. The number of benzene rings is 1. The molecule has 0 atom stereocenters. The van der Waals surface area contributed by atoms with Gasteiger partial charge in [0.1, 0.15) is 5.60 Å². The standard InChI is InChI=1S/C16H25N3O2/c1-16(2,3)21-15(20)12-9-13(17-4)11-14(10-12)19-7-5-18-6-8-19/h9-11,17-18H,5-8H2,1-4H3. The summed E-state index contributed by atoms with van der Waals surface area (Å²) in [6.07, 6.45) is 0. The molecule has 0 aromatic heterocycles. The second-order valence-corrected chi connectivity index (χ2v) is 6.26. The zero-order valence-corrected chi connectivity index (χ0v) is 13.3. The third-order valence-corrected chi connectivity index (χ3v) is 3.32. The molecule has 1 heterocycles. The number of ether oxygens (including phenoxy) is 1. The van der Waals surface area contributed by atoms with Crippen LogP contribution in [0.3, 0.4) is 0 Å². The monoisotopic (exact) mass is 291 g/mol. The van der Waals surface area contributed by atoms with Gasteiger partial charge < -0.3 is 20.3 Å². The van der Waals surface area contributed by atoms with E-state index in [1.807, 2.05) is 40.0 Å². The van der Waals surface area contributed by atoms with E-state index in [-0.39, 0.29) is 5.97 Å². The molecule has 0 radical (unpaired) electrons. The van der Waals surface area contributed by atoms with Crippen LogP contribution in [0.25, 0.3) is 0 Å². The number of hydrogen-bond donors (Lipinski definition) is 2. The maximum absolute atomic E-state index is 12.3. The van der Waals surface area contributed by atoms with Crippen molar-refractivity contribution in [3.8, 4) is 0 Å². The van der Waals surface area contributed by atoms with Crippen LogP contribution in [-0.2, 0) is 4.74 Å². The maximum Gasteiger partial charge on any atom is 0.338 e. The van der Waals surface area contributed by atoms with E-state index >= 15 is 0 Å². The molecule has 0 amide bonds. The van der Waals surface area contributed by atoms with Crippen molar-refractivity contribution in [3.63, 3.8) is 0 Å². The highest BCUT2D eigenvalue weighted by molar-refractivity contribution is 5.92. The number of piperazine rings is 1. The summed E-state index contributed by atoms with van der Waals surface area (Å²) in [5.74, 6) is -0.281. The third kappa shape index (κ3) is 4.36. The van der Waals surface area contributed by atoms with E-state index in [1.165, 1.54) is 0 Å². The molecule has 0 spiro atoms. The molecular formula is C16H25N3O2. The largest absolute Gasteiger partial charge is 0.456 e. The Morgan fingerprint density at radius 3 is 2.48 bits per heavy atom. The Hall–Kier alpha value is -1.75. The van der Waals surface area contributed by atoms with Gasteiger partial charge in [-0.25, -0.2) is 4.79 Å². The smallest absolute Gasteiger partial charge is 0.338 e. The van der Waals surface area contributed by atoms with Crippen molar-refractivity contribution in [2.24, 2.45) is 0 Å². The minimum absolute atomic E-state index is 0.281. The maximum atomic E-state index is 12.3. The van der Waals surface area contributed by atoms with Crippen LogP contribution in [0.5, 0.6) is 0 Å². The van der Waals surface area contributed by atoms with E-state index in [0.717, 1.165) is 37.6 Å². The Morgan fingerprint density at radius 1 is 1.24 bits per heavy atom. The van der Waals surface area contributed by atoms with Gasteiger partial charge in [0.25, 0.3) is 0 Å². The van der Waals surface area contributed by atoms with E-state index in [2.05, 4.69) is 21.6 Å². The van der Waals surface area contributed by atoms with E-state index in [4.69, 9.17) is 4.74 Å². The lowest BCUT2D eigenvalue weighted by atomic mass is 10.1. The van der Waals surface area contributed by atoms with Crippen molar-refractivity contribution >= 4 is 17.3 Å². The molecular weight excluding hydrogens is 266 g/mol. The second-order valence-electron chi connectivity index (χ2n) is 6.26. The summed E-state index contributed by atoms with van der Waals surface area (Å²) in [5.41, 5.74) is 2.09. The van der Waals surface area contributed by atoms with Gasteiger partial charge in [0, 0.05) is 44.6 Å². The Labute approximate surface area is 126 Å². The summed E-state index contributed by atoms with van der Waals surface area (Å²) < 4.78 is 5.47. The van der Waals surface area contributed by atoms with Gasteiger partial charge in [-0.1, -0.05) is 0 Å². The van der Waals surface area contributed by atoms with Gasteiger partial charge >= 0.3 is 5.97 Å². The van der Waals surface area contributed by atoms with Crippen molar-refractivity contribution < 1.29 is 9.53 Å². The highest BCUT2D eigenvalue weighted by Gasteiger charge is 2.20. The molecule has 1 aromatic rings. The van der Waals surface area contributed by atoms with Gasteiger partial charge in [0.15, 0.2) is 0 Å². The van der Waals surface area contributed by atoms with Crippen LogP contribution >= 0.6 is 0 Å². The molecule has 0 aliphatic carbocycles. The fraction of sp³-hybridized carbons (Fsp3) is 0.562. The average Bonchev–Trinajstić information content (AvgIpc) is 2.46. The second kappa shape index (κ2) is 6.35. The van der Waals surface area contributed by atoms with Crippen LogP contribution in [0.2, 0.25) is 0 Å². The number of hydrogen-bond acceptors (Lipinski definition) is 5. The highest BCUT2D eigenvalue weighted by atomic mass is 16.6. The summed E-state index contributed by atoms with van der Waals surface area (Å²) in [7, 11) is 1.86. The van der Waals surface area contributed by atoms with Crippen molar-refractivity contribution in [2.75, 3.05) is 43.4 Å². The number of esters is 1. The van der Waals surface area contributed by atoms with E-state index in [9.17, 15) is 4.79 Å². The molecule has 1 saturated heterocycles. The Morgan fingerprint density at radius 2 is 1.90 bits per heavy atom. The molecule has 1 fully saturated rings. The van der Waals surface area contributed by atoms with Crippen LogP contribution < -0.4 is 15.5 Å². The summed E-state index contributed by atoms with van der Waals surface area (Å²) in [6, 6.07) is 5.82. The lowest BCUT2D eigenvalue weighted by Gasteiger charge is -2.30. The molecule has 2 rings (SSSR count). The predicted molar refractivity (Wildman–Crippen MR) is 86.2 cm³/mol. The van der Waals surface area contributed by atoms with E-state index in [1.54, 1.807) is 0 Å². The van der Waals surface area contributed by atoms with Gasteiger partial charge in [0.05, 0.1) is 5.56 Å². The van der Waals surface area contributed by atoms with Crippen LogP contribution in [-0.4, -0.2) is 44.8 Å². The van der Waals surface area contributed by atoms with Crippen molar-refractivity contribution in [1.82, 2.24) is 5.32 Å². The number of rotatable bonds is 3. The van der Waals surface area contributed by atoms with E-state index < -0.39 is 5.60 Å². The average molecular weight is 291 g/mol. The summed E-state index contributed by atoms with van der Waals surface area (Å²) >= 11 is 0. The summed E-state index contributed by atoms with van der Waals surface area (Å²) in [5, 5.41) is 6.45. The molecule has 5 nitrogen and oxygen atoms in total. The molecule has 0 unspecified atom stereocenters. The molecule has 21 heavy (non-hydrogen) atoms. The fourth-order valence-electron chi connectivity index (χ4n) is 2.32. The molecule has 5 heteroatoms. The van der Waals surface area contributed by atoms with Gasteiger partial charge in [-0.2, -0.15) is 0 Å². The number of nitrogens with zero attached hydrogens (tertiary/aromatic N) is 1. The minimum Gasteiger partial charge on any atom is -0.456 e. The number of carbonyl (C=O) groups is 1. The number of anilines is 2. The van der Waals surface area contributed by atoms with Gasteiger partial charge in [-0.15, -0.1) is 0 Å². The van der Waals surface area contributed by atoms with Crippen molar-refractivity contribution in [2.45, 2.75) is 26.4 Å². The molecule has 1 aromatic carbocycles. The van der Waals surface area contributed by atoms with Crippen LogP contribution in [0.4, 0.5) is 11.4 Å². The normalized spacial score (nSPS) is 15.7. The van der Waals surface area contributed by atoms with E-state index in [0.29, 0.717) is 5.56 Å². The minimum atomic E-state index is -0.484. The number of carbonyl (C=O) groups excluding carboxylic acids is 1. The summed E-state index contributed by atoms with van der Waals surface area (Å²) in [6.45, 7) is 9.46. The first-order chi connectivity index (χ1) is 9.89. The Kier molecular flexibility index (Phi) is 4.73. The van der Waals surface area contributed by atoms with Gasteiger partial charge in [-0.3, -0.25) is 0 Å². The molecule has 0 saturated carbocycles. The van der Waals surface area contributed by atoms with Gasteiger partial charge in [0.2, 0.25) is 0 Å². The van der Waals surface area contributed by atoms with Crippen LogP contribution in [0, 0.1) is 0 Å². The lowest BCUT2D eigenvalue weighted by Crippen LogP contribution is -2.43. The first-order valence-electron chi connectivity index (χ1n) is 7.41. The van der Waals surface area contributed by atoms with Crippen molar-refractivity contribution in [3.05, 3.63) is 23.8 Å². The SMILES string of the molecule is CNc1cc(C(=O)OC(C)(C)C)cc(N2CCNCC2)c1. The predicted octanol–water partition coefficient (Wildman–Crippen LogP) is 2.09. The molecule has 1 aliphatic rings. The fourth-order valence-corrected chi connectivity index (χ4v) is 2.32. The first-order valence-corrected chi connectivity index (χ1v) is 7.41. The van der Waals surface area contributed by atoms with Crippen LogP contribution in [0.1, 0.15) is 31.1 Å². The topological polar surface area (TPSA) is 53.6 Å². The lowest BCUT2D eigenvalue weighted by molar-refractivity contribution is 0.00696. The van der Waals surface area contributed by atoms with Gasteiger partial charge in [-0.05, 0) is 39.0 Å².